The third-order valence-electron chi connectivity index (χ3n) is 3.87. The first kappa shape index (κ1) is 18.2. The summed E-state index contributed by atoms with van der Waals surface area (Å²) in [5, 5.41) is 0.216. The Kier molecular flexibility index (Phi) is 4.96. The van der Waals surface area contributed by atoms with Gasteiger partial charge in [-0.2, -0.15) is 0 Å². The standard InChI is InChI=1S/C16H12ClN3O5/c1-18-13(14(22)25-4)16(19-2)10-7-9(17)5-6-11(10)20(15(16)23)8-12(21)24-3/h5-7,13H,8H2,3-4H3. The van der Waals surface area contributed by atoms with Crippen molar-refractivity contribution < 1.29 is 23.9 Å². The normalized spacial score (nSPS) is 19.4. The number of nitrogens with zero attached hydrogens (tertiary/aromatic N) is 3. The molecule has 0 radical (unpaired) electrons. The zero-order chi connectivity index (χ0) is 18.8. The zero-order valence-electron chi connectivity index (χ0n) is 13.3. The molecular formula is C16H12ClN3O5. The molecule has 25 heavy (non-hydrogen) atoms. The molecule has 0 spiro atoms. The summed E-state index contributed by atoms with van der Waals surface area (Å²) in [5.74, 6) is -2.62. The Morgan fingerprint density at radius 2 is 2.00 bits per heavy atom. The molecule has 0 N–H and O–H groups in total. The first-order valence-corrected chi connectivity index (χ1v) is 7.27. The number of fused-ring (bicyclic) bond motifs is 1. The van der Waals surface area contributed by atoms with Gasteiger partial charge in [0.2, 0.25) is 0 Å². The van der Waals surface area contributed by atoms with Crippen LogP contribution in [0, 0.1) is 13.1 Å². The average Bonchev–Trinajstić information content (AvgIpc) is 2.84. The van der Waals surface area contributed by atoms with Crippen molar-refractivity contribution in [2.24, 2.45) is 0 Å². The first-order chi connectivity index (χ1) is 11.9. The van der Waals surface area contributed by atoms with Gasteiger partial charge in [0, 0.05) is 5.02 Å². The molecule has 9 heteroatoms. The number of rotatable bonds is 4. The molecule has 2 atom stereocenters. The van der Waals surface area contributed by atoms with Gasteiger partial charge in [-0.1, -0.05) is 11.6 Å². The number of anilines is 1. The van der Waals surface area contributed by atoms with E-state index in [-0.39, 0.29) is 16.3 Å². The Hall–Kier alpha value is -3.10. The third kappa shape index (κ3) is 2.67. The fourth-order valence-electron chi connectivity index (χ4n) is 2.69. The van der Waals surface area contributed by atoms with Crippen LogP contribution in [0.4, 0.5) is 5.69 Å². The molecule has 0 aliphatic carbocycles. The number of carbonyl (C=O) groups excluding carboxylic acids is 3. The van der Waals surface area contributed by atoms with Crippen LogP contribution in [-0.4, -0.2) is 44.7 Å². The predicted molar refractivity (Wildman–Crippen MR) is 86.5 cm³/mol. The van der Waals surface area contributed by atoms with Gasteiger partial charge in [-0.05, 0) is 18.2 Å². The number of carbonyl (C=O) groups is 3. The lowest BCUT2D eigenvalue weighted by molar-refractivity contribution is -0.144. The number of ether oxygens (including phenoxy) is 2. The van der Waals surface area contributed by atoms with Crippen LogP contribution in [0.25, 0.3) is 9.69 Å². The minimum Gasteiger partial charge on any atom is -0.468 e. The van der Waals surface area contributed by atoms with Crippen LogP contribution in [-0.2, 0) is 29.4 Å². The highest BCUT2D eigenvalue weighted by Crippen LogP contribution is 2.47. The molecule has 8 nitrogen and oxygen atoms in total. The monoisotopic (exact) mass is 361 g/mol. The van der Waals surface area contributed by atoms with E-state index in [0.29, 0.717) is 0 Å². The summed E-state index contributed by atoms with van der Waals surface area (Å²) in [4.78, 5) is 44.2. The van der Waals surface area contributed by atoms with Crippen LogP contribution >= 0.6 is 11.6 Å². The van der Waals surface area contributed by atoms with E-state index >= 15 is 0 Å². The number of esters is 2. The van der Waals surface area contributed by atoms with Gasteiger partial charge in [-0.15, -0.1) is 0 Å². The predicted octanol–water partition coefficient (Wildman–Crippen LogP) is 1.44. The molecule has 0 saturated carbocycles. The van der Waals surface area contributed by atoms with Crippen LogP contribution in [0.15, 0.2) is 18.2 Å². The SMILES string of the molecule is [C-]#[N+]C(C(=O)OC)C1([N+]#[C-])C(=O)N(CC(=O)OC)c2ccc(Cl)cc21. The van der Waals surface area contributed by atoms with Gasteiger partial charge in [0.1, 0.15) is 6.54 Å². The van der Waals surface area contributed by atoms with Crippen LogP contribution in [0.5, 0.6) is 0 Å². The van der Waals surface area contributed by atoms with E-state index in [9.17, 15) is 14.4 Å². The van der Waals surface area contributed by atoms with Crippen molar-refractivity contribution in [3.05, 3.63) is 51.6 Å². The fraction of sp³-hybridized carbons (Fsp3) is 0.312. The Morgan fingerprint density at radius 1 is 1.32 bits per heavy atom. The summed E-state index contributed by atoms with van der Waals surface area (Å²) >= 11 is 5.98. The molecule has 128 valence electrons. The number of hydrogen-bond acceptors (Lipinski definition) is 5. The molecule has 0 bridgehead atoms. The molecule has 0 aromatic heterocycles. The molecule has 1 aliphatic rings. The van der Waals surface area contributed by atoms with Gasteiger partial charge in [-0.25, -0.2) is 17.9 Å². The lowest BCUT2D eigenvalue weighted by atomic mass is 9.84. The molecule has 1 aliphatic heterocycles. The number of methoxy groups -OCH3 is 2. The van der Waals surface area contributed by atoms with Crippen molar-refractivity contribution in [1.29, 1.82) is 0 Å². The minimum atomic E-state index is -2.18. The maximum absolute atomic E-state index is 13.0. The topological polar surface area (TPSA) is 81.6 Å². The van der Waals surface area contributed by atoms with Gasteiger partial charge in [0.15, 0.2) is 0 Å². The van der Waals surface area contributed by atoms with Gasteiger partial charge in [-0.3, -0.25) is 24.2 Å². The van der Waals surface area contributed by atoms with E-state index in [1.807, 2.05) is 0 Å². The van der Waals surface area contributed by atoms with E-state index < -0.39 is 36.0 Å². The molecular weight excluding hydrogens is 350 g/mol. The van der Waals surface area contributed by atoms with Crippen LogP contribution in [0.2, 0.25) is 5.02 Å². The minimum absolute atomic E-state index is 0.0790. The van der Waals surface area contributed by atoms with Crippen molar-refractivity contribution in [1.82, 2.24) is 0 Å². The molecule has 1 aromatic rings. The number of benzene rings is 1. The smallest absolute Gasteiger partial charge is 0.420 e. The molecule has 2 unspecified atom stereocenters. The van der Waals surface area contributed by atoms with Gasteiger partial charge >= 0.3 is 29.4 Å². The van der Waals surface area contributed by atoms with Crippen molar-refractivity contribution in [3.8, 4) is 0 Å². The second kappa shape index (κ2) is 6.80. The number of amides is 1. The van der Waals surface area contributed by atoms with E-state index in [2.05, 4.69) is 19.2 Å². The molecule has 1 amide bonds. The fourth-order valence-corrected chi connectivity index (χ4v) is 2.86. The van der Waals surface area contributed by atoms with Crippen LogP contribution < -0.4 is 4.90 Å². The Balaban J connectivity index is 2.74. The van der Waals surface area contributed by atoms with E-state index in [1.54, 1.807) is 0 Å². The highest BCUT2D eigenvalue weighted by atomic mass is 35.5. The van der Waals surface area contributed by atoms with Crippen molar-refractivity contribution in [3.63, 3.8) is 0 Å². The van der Waals surface area contributed by atoms with Gasteiger partial charge in [0.25, 0.3) is 0 Å². The highest BCUT2D eigenvalue weighted by molar-refractivity contribution is 6.31. The van der Waals surface area contributed by atoms with Crippen molar-refractivity contribution in [2.75, 3.05) is 25.7 Å². The molecule has 0 saturated heterocycles. The average molecular weight is 362 g/mol. The second-order valence-corrected chi connectivity index (χ2v) is 5.50. The molecule has 2 rings (SSSR count). The zero-order valence-corrected chi connectivity index (χ0v) is 14.0. The van der Waals surface area contributed by atoms with Gasteiger partial charge < -0.3 is 9.47 Å². The second-order valence-electron chi connectivity index (χ2n) is 5.06. The number of hydrogen-bond donors (Lipinski definition) is 0. The van der Waals surface area contributed by atoms with Crippen molar-refractivity contribution >= 4 is 35.1 Å². The molecule has 1 aromatic carbocycles. The van der Waals surface area contributed by atoms with Crippen molar-refractivity contribution in [2.45, 2.75) is 11.6 Å². The van der Waals surface area contributed by atoms with Crippen LogP contribution in [0.3, 0.4) is 0 Å². The Labute approximate surface area is 148 Å². The maximum Gasteiger partial charge on any atom is 0.420 e. The van der Waals surface area contributed by atoms with Crippen LogP contribution in [0.1, 0.15) is 5.56 Å². The largest absolute Gasteiger partial charge is 0.468 e. The molecule has 1 heterocycles. The summed E-state index contributed by atoms with van der Waals surface area (Å²) in [6.07, 6.45) is 0. The Morgan fingerprint density at radius 3 is 2.52 bits per heavy atom. The summed E-state index contributed by atoms with van der Waals surface area (Å²) in [5.41, 5.74) is -1.88. The van der Waals surface area contributed by atoms with Gasteiger partial charge in [0.05, 0.1) is 25.5 Å². The first-order valence-electron chi connectivity index (χ1n) is 6.89. The highest BCUT2D eigenvalue weighted by Gasteiger charge is 2.70. The van der Waals surface area contributed by atoms with E-state index in [1.165, 1.54) is 18.2 Å². The quantitative estimate of drug-likeness (QED) is 0.598. The molecule has 0 fully saturated rings. The Bertz CT molecular complexity index is 841. The lowest BCUT2D eigenvalue weighted by Crippen LogP contribution is -2.49. The maximum atomic E-state index is 13.0. The summed E-state index contributed by atoms with van der Waals surface area (Å²) in [6.45, 7) is 14.4. The third-order valence-corrected chi connectivity index (χ3v) is 4.11. The van der Waals surface area contributed by atoms with E-state index in [0.717, 1.165) is 19.1 Å². The summed E-state index contributed by atoms with van der Waals surface area (Å²) in [6, 6.07) is 2.53. The lowest BCUT2D eigenvalue weighted by Gasteiger charge is -2.17. The summed E-state index contributed by atoms with van der Waals surface area (Å²) < 4.78 is 9.15. The number of halogens is 1. The van der Waals surface area contributed by atoms with E-state index in [4.69, 9.17) is 24.7 Å². The summed E-state index contributed by atoms with van der Waals surface area (Å²) in [7, 11) is 2.22.